The molecule has 0 amide bonds. The van der Waals surface area contributed by atoms with Gasteiger partial charge in [0, 0.05) is 25.6 Å². The zero-order valence-corrected chi connectivity index (χ0v) is 14.3. The quantitative estimate of drug-likeness (QED) is 0.667. The van der Waals surface area contributed by atoms with Gasteiger partial charge in [-0.3, -0.25) is 4.99 Å². The van der Waals surface area contributed by atoms with Gasteiger partial charge >= 0.3 is 0 Å². The summed E-state index contributed by atoms with van der Waals surface area (Å²) in [7, 11) is 1.98. The fourth-order valence-corrected chi connectivity index (χ4v) is 4.52. The van der Waals surface area contributed by atoms with E-state index in [9.17, 15) is 0 Å². The molecule has 1 saturated carbocycles. The van der Waals surface area contributed by atoms with Crippen LogP contribution in [0.1, 0.15) is 79.1 Å². The number of hydrogen-bond acceptors (Lipinski definition) is 1. The number of rotatable bonds is 1. The second-order valence-corrected chi connectivity index (χ2v) is 7.97. The number of nitrogens with zero attached hydrogens (tertiary/aromatic N) is 2. The van der Waals surface area contributed by atoms with Gasteiger partial charge in [-0.25, -0.2) is 0 Å². The van der Waals surface area contributed by atoms with E-state index in [1.807, 2.05) is 7.05 Å². The third-order valence-corrected chi connectivity index (χ3v) is 5.42. The van der Waals surface area contributed by atoms with Crippen molar-refractivity contribution >= 4 is 5.84 Å². The van der Waals surface area contributed by atoms with E-state index in [4.69, 9.17) is 0 Å². The summed E-state index contributed by atoms with van der Waals surface area (Å²) in [6.07, 6.45) is 11.0. The zero-order chi connectivity index (χ0) is 14.8. The fraction of sp³-hybridized carbons (Fsp3) is 0.944. The molecule has 1 aliphatic heterocycles. The van der Waals surface area contributed by atoms with E-state index >= 15 is 0 Å². The number of aliphatic imine (C=N–C) groups is 1. The third kappa shape index (κ3) is 3.56. The van der Waals surface area contributed by atoms with Gasteiger partial charge in [0.15, 0.2) is 0 Å². The average Bonchev–Trinajstić information content (AvgIpc) is 2.44. The highest BCUT2D eigenvalue weighted by molar-refractivity contribution is 5.83. The van der Waals surface area contributed by atoms with E-state index in [0.717, 1.165) is 12.0 Å². The van der Waals surface area contributed by atoms with Gasteiger partial charge in [0.1, 0.15) is 0 Å². The molecular formula is C18H34N2. The number of piperidine rings is 1. The van der Waals surface area contributed by atoms with Gasteiger partial charge in [-0.05, 0) is 50.9 Å². The molecule has 0 radical (unpaired) electrons. The molecule has 0 aromatic rings. The molecule has 0 aromatic heterocycles. The van der Waals surface area contributed by atoms with Crippen molar-refractivity contribution in [1.29, 1.82) is 0 Å². The van der Waals surface area contributed by atoms with Crippen LogP contribution in [-0.2, 0) is 0 Å². The van der Waals surface area contributed by atoms with E-state index in [2.05, 4.69) is 37.6 Å². The molecule has 2 aliphatic rings. The van der Waals surface area contributed by atoms with Crippen LogP contribution in [0.3, 0.4) is 0 Å². The summed E-state index contributed by atoms with van der Waals surface area (Å²) in [6, 6.07) is 1.32. The monoisotopic (exact) mass is 278 g/mol. The SMILES string of the molecule is C/N=C1\CCC2CC(C)(C)CCCCCC2N1C(C)C. The van der Waals surface area contributed by atoms with Crippen LogP contribution in [0.4, 0.5) is 0 Å². The van der Waals surface area contributed by atoms with Crippen molar-refractivity contribution in [2.75, 3.05) is 7.05 Å². The second kappa shape index (κ2) is 6.49. The Kier molecular flexibility index (Phi) is 5.14. The van der Waals surface area contributed by atoms with E-state index in [0.29, 0.717) is 11.5 Å². The first-order chi connectivity index (χ1) is 9.44. The Bertz CT molecular complexity index is 343. The van der Waals surface area contributed by atoms with Crippen molar-refractivity contribution in [2.45, 2.75) is 91.1 Å². The normalized spacial score (nSPS) is 33.5. The van der Waals surface area contributed by atoms with Gasteiger partial charge in [-0.2, -0.15) is 0 Å². The van der Waals surface area contributed by atoms with Gasteiger partial charge in [-0.1, -0.05) is 33.1 Å². The minimum Gasteiger partial charge on any atom is -0.355 e. The Labute approximate surface area is 126 Å². The molecule has 0 N–H and O–H groups in total. The maximum atomic E-state index is 4.60. The maximum absolute atomic E-state index is 4.60. The zero-order valence-electron chi connectivity index (χ0n) is 14.3. The van der Waals surface area contributed by atoms with E-state index in [-0.39, 0.29) is 0 Å². The largest absolute Gasteiger partial charge is 0.355 e. The number of fused-ring (bicyclic) bond motifs is 1. The number of amidine groups is 1. The van der Waals surface area contributed by atoms with Crippen molar-refractivity contribution in [3.63, 3.8) is 0 Å². The first-order valence-corrected chi connectivity index (χ1v) is 8.68. The van der Waals surface area contributed by atoms with Gasteiger partial charge in [-0.15, -0.1) is 0 Å². The highest BCUT2D eigenvalue weighted by Crippen LogP contribution is 2.41. The predicted molar refractivity (Wildman–Crippen MR) is 88.3 cm³/mol. The van der Waals surface area contributed by atoms with Gasteiger partial charge in [0.25, 0.3) is 0 Å². The first kappa shape index (κ1) is 15.9. The molecule has 2 fully saturated rings. The summed E-state index contributed by atoms with van der Waals surface area (Å²) < 4.78 is 0. The van der Waals surface area contributed by atoms with Crippen LogP contribution in [0.5, 0.6) is 0 Å². The molecular weight excluding hydrogens is 244 g/mol. The lowest BCUT2D eigenvalue weighted by molar-refractivity contribution is 0.111. The smallest absolute Gasteiger partial charge is 0.0990 e. The fourth-order valence-electron chi connectivity index (χ4n) is 4.52. The summed E-state index contributed by atoms with van der Waals surface area (Å²) in [5.74, 6) is 2.23. The molecule has 116 valence electrons. The topological polar surface area (TPSA) is 15.6 Å². The molecule has 0 aromatic carbocycles. The summed E-state index contributed by atoms with van der Waals surface area (Å²) in [5, 5.41) is 0. The lowest BCUT2D eigenvalue weighted by atomic mass is 9.73. The van der Waals surface area contributed by atoms with Crippen LogP contribution >= 0.6 is 0 Å². The maximum Gasteiger partial charge on any atom is 0.0990 e. The van der Waals surface area contributed by atoms with Crippen LogP contribution in [0.2, 0.25) is 0 Å². The minimum atomic E-state index is 0.525. The van der Waals surface area contributed by atoms with Gasteiger partial charge in [0.2, 0.25) is 0 Å². The van der Waals surface area contributed by atoms with Crippen LogP contribution in [0, 0.1) is 11.3 Å². The van der Waals surface area contributed by atoms with E-state index < -0.39 is 0 Å². The predicted octanol–water partition coefficient (Wildman–Crippen LogP) is 4.88. The second-order valence-electron chi connectivity index (χ2n) is 7.97. The third-order valence-electron chi connectivity index (χ3n) is 5.42. The Morgan fingerprint density at radius 2 is 1.90 bits per heavy atom. The van der Waals surface area contributed by atoms with E-state index in [1.165, 1.54) is 57.2 Å². The van der Waals surface area contributed by atoms with Crippen molar-refractivity contribution in [1.82, 2.24) is 4.90 Å². The lowest BCUT2D eigenvalue weighted by Crippen LogP contribution is -2.52. The van der Waals surface area contributed by atoms with Gasteiger partial charge in [0.05, 0.1) is 5.84 Å². The van der Waals surface area contributed by atoms with Crippen LogP contribution in [-0.4, -0.2) is 29.9 Å². The molecule has 2 atom stereocenters. The molecule has 0 bridgehead atoms. The highest BCUT2D eigenvalue weighted by Gasteiger charge is 2.38. The Balaban J connectivity index is 2.24. The van der Waals surface area contributed by atoms with Crippen LogP contribution in [0.25, 0.3) is 0 Å². The summed E-state index contributed by atoms with van der Waals surface area (Å²) >= 11 is 0. The summed E-state index contributed by atoms with van der Waals surface area (Å²) in [4.78, 5) is 7.26. The molecule has 20 heavy (non-hydrogen) atoms. The van der Waals surface area contributed by atoms with Crippen molar-refractivity contribution in [2.24, 2.45) is 16.3 Å². The molecule has 1 aliphatic carbocycles. The first-order valence-electron chi connectivity index (χ1n) is 8.68. The van der Waals surface area contributed by atoms with Crippen LogP contribution < -0.4 is 0 Å². The molecule has 0 spiro atoms. The summed E-state index contributed by atoms with van der Waals surface area (Å²) in [6.45, 7) is 9.65. The molecule has 1 heterocycles. The molecule has 2 rings (SSSR count). The minimum absolute atomic E-state index is 0.525. The van der Waals surface area contributed by atoms with Gasteiger partial charge < -0.3 is 4.90 Å². The average molecular weight is 278 g/mol. The van der Waals surface area contributed by atoms with Crippen molar-refractivity contribution in [3.05, 3.63) is 0 Å². The lowest BCUT2D eigenvalue weighted by Gasteiger charge is -2.47. The summed E-state index contributed by atoms with van der Waals surface area (Å²) in [5.41, 5.74) is 0.525. The number of likely N-dealkylation sites (tertiary alicyclic amines) is 1. The Morgan fingerprint density at radius 3 is 2.55 bits per heavy atom. The highest BCUT2D eigenvalue weighted by atomic mass is 15.2. The number of hydrogen-bond donors (Lipinski definition) is 0. The Morgan fingerprint density at radius 1 is 1.15 bits per heavy atom. The Hall–Kier alpha value is -0.530. The van der Waals surface area contributed by atoms with Crippen molar-refractivity contribution < 1.29 is 0 Å². The molecule has 2 unspecified atom stereocenters. The molecule has 2 heteroatoms. The van der Waals surface area contributed by atoms with E-state index in [1.54, 1.807) is 0 Å². The molecule has 2 nitrogen and oxygen atoms in total. The standard InChI is InChI=1S/C18H34N2/c1-14(2)20-16-9-7-6-8-12-18(3,4)13-15(16)10-11-17(20)19-5/h14-16H,6-13H2,1-5H3/b19-17+. The molecule has 1 saturated heterocycles. The van der Waals surface area contributed by atoms with Crippen LogP contribution in [0.15, 0.2) is 4.99 Å². The van der Waals surface area contributed by atoms with Crippen molar-refractivity contribution in [3.8, 4) is 0 Å².